The van der Waals surface area contributed by atoms with Crippen LogP contribution in [0.3, 0.4) is 0 Å². The molecule has 2 rings (SSSR count). The van der Waals surface area contributed by atoms with E-state index in [4.69, 9.17) is 5.73 Å². The van der Waals surface area contributed by atoms with Gasteiger partial charge in [-0.2, -0.15) is 0 Å². The number of carbonyl (C=O) groups is 2. The normalized spacial score (nSPS) is 20.5. The molecule has 1 aliphatic rings. The molecule has 5 heteroatoms. The van der Waals surface area contributed by atoms with Crippen molar-refractivity contribution < 1.29 is 14.7 Å². The zero-order chi connectivity index (χ0) is 15.6. The van der Waals surface area contributed by atoms with Gasteiger partial charge in [0.05, 0.1) is 11.3 Å². The second-order valence-electron chi connectivity index (χ2n) is 5.89. The molecular weight excluding hydrogens is 268 g/mol. The Bertz CT molecular complexity index is 552. The first-order valence-electron chi connectivity index (χ1n) is 7.23. The summed E-state index contributed by atoms with van der Waals surface area (Å²) in [7, 11) is 0. The molecule has 0 fully saturated rings. The SMILES string of the molecule is CCC(C)(CN)C(=O)N1Cc2ccccc2C(C(=O)O)C1. The molecule has 21 heavy (non-hydrogen) atoms. The molecule has 1 amide bonds. The Morgan fingerprint density at radius 2 is 2.10 bits per heavy atom. The zero-order valence-electron chi connectivity index (χ0n) is 12.5. The predicted octanol–water partition coefficient (Wildman–Crippen LogP) is 1.57. The Morgan fingerprint density at radius 3 is 2.67 bits per heavy atom. The highest BCUT2D eigenvalue weighted by atomic mass is 16.4. The first-order chi connectivity index (χ1) is 9.92. The van der Waals surface area contributed by atoms with Crippen molar-refractivity contribution in [3.8, 4) is 0 Å². The molecule has 0 aromatic heterocycles. The van der Waals surface area contributed by atoms with Crippen LogP contribution in [0.25, 0.3) is 0 Å². The number of hydrogen-bond acceptors (Lipinski definition) is 3. The molecule has 0 radical (unpaired) electrons. The topological polar surface area (TPSA) is 83.6 Å². The summed E-state index contributed by atoms with van der Waals surface area (Å²) in [5.41, 5.74) is 6.83. The van der Waals surface area contributed by atoms with Gasteiger partial charge in [0.15, 0.2) is 0 Å². The van der Waals surface area contributed by atoms with Crippen LogP contribution in [0.15, 0.2) is 24.3 Å². The number of nitrogens with two attached hydrogens (primary N) is 1. The van der Waals surface area contributed by atoms with Crippen LogP contribution in [0.2, 0.25) is 0 Å². The van der Waals surface area contributed by atoms with Crippen LogP contribution >= 0.6 is 0 Å². The van der Waals surface area contributed by atoms with Crippen LogP contribution in [0.1, 0.15) is 37.3 Å². The summed E-state index contributed by atoms with van der Waals surface area (Å²) in [4.78, 5) is 25.9. The summed E-state index contributed by atoms with van der Waals surface area (Å²) in [5.74, 6) is -1.63. The van der Waals surface area contributed by atoms with Crippen molar-refractivity contribution in [1.29, 1.82) is 0 Å². The fraction of sp³-hybridized carbons (Fsp3) is 0.500. The maximum atomic E-state index is 12.7. The third kappa shape index (κ3) is 2.78. The second kappa shape index (κ2) is 5.85. The number of aliphatic carboxylic acids is 1. The molecule has 1 aromatic rings. The highest BCUT2D eigenvalue weighted by Gasteiger charge is 2.39. The summed E-state index contributed by atoms with van der Waals surface area (Å²) in [5, 5.41) is 9.44. The van der Waals surface area contributed by atoms with Gasteiger partial charge in [-0.1, -0.05) is 31.2 Å². The maximum absolute atomic E-state index is 12.7. The second-order valence-corrected chi connectivity index (χ2v) is 5.89. The van der Waals surface area contributed by atoms with Gasteiger partial charge in [-0.15, -0.1) is 0 Å². The van der Waals surface area contributed by atoms with Crippen molar-refractivity contribution in [3.63, 3.8) is 0 Å². The summed E-state index contributed by atoms with van der Waals surface area (Å²) in [6.07, 6.45) is 0.637. The van der Waals surface area contributed by atoms with Crippen molar-refractivity contribution in [3.05, 3.63) is 35.4 Å². The third-order valence-corrected chi connectivity index (χ3v) is 4.53. The minimum atomic E-state index is -0.897. The average Bonchev–Trinajstić information content (AvgIpc) is 2.52. The quantitative estimate of drug-likeness (QED) is 0.881. The van der Waals surface area contributed by atoms with Gasteiger partial charge in [-0.05, 0) is 24.5 Å². The Labute approximate surface area is 124 Å². The largest absolute Gasteiger partial charge is 0.481 e. The molecule has 3 N–H and O–H groups in total. The van der Waals surface area contributed by atoms with Crippen LogP contribution < -0.4 is 5.73 Å². The minimum absolute atomic E-state index is 0.0618. The molecule has 114 valence electrons. The van der Waals surface area contributed by atoms with Gasteiger partial charge in [-0.3, -0.25) is 9.59 Å². The molecule has 0 bridgehead atoms. The Kier molecular flexibility index (Phi) is 4.32. The fourth-order valence-electron chi connectivity index (χ4n) is 2.74. The summed E-state index contributed by atoms with van der Waals surface area (Å²) >= 11 is 0. The first kappa shape index (κ1) is 15.5. The monoisotopic (exact) mass is 290 g/mol. The predicted molar refractivity (Wildman–Crippen MR) is 79.7 cm³/mol. The van der Waals surface area contributed by atoms with Crippen LogP contribution in [-0.2, 0) is 16.1 Å². The van der Waals surface area contributed by atoms with E-state index in [2.05, 4.69) is 0 Å². The number of hydrogen-bond donors (Lipinski definition) is 2. The number of carboxylic acid groups (broad SMARTS) is 1. The third-order valence-electron chi connectivity index (χ3n) is 4.53. The van der Waals surface area contributed by atoms with E-state index in [0.717, 1.165) is 11.1 Å². The lowest BCUT2D eigenvalue weighted by atomic mass is 9.83. The number of carboxylic acids is 1. The van der Waals surface area contributed by atoms with E-state index < -0.39 is 17.3 Å². The molecule has 1 aliphatic heterocycles. The highest BCUT2D eigenvalue weighted by molar-refractivity contribution is 5.85. The summed E-state index contributed by atoms with van der Waals surface area (Å²) in [6.45, 7) is 4.69. The lowest BCUT2D eigenvalue weighted by Crippen LogP contribution is -2.49. The van der Waals surface area contributed by atoms with Crippen LogP contribution in [0.5, 0.6) is 0 Å². The molecule has 2 unspecified atom stereocenters. The molecule has 5 nitrogen and oxygen atoms in total. The van der Waals surface area contributed by atoms with Gasteiger partial charge in [0, 0.05) is 19.6 Å². The lowest BCUT2D eigenvalue weighted by molar-refractivity contribution is -0.145. The number of nitrogens with zero attached hydrogens (tertiary/aromatic N) is 1. The van der Waals surface area contributed by atoms with Gasteiger partial charge in [-0.25, -0.2) is 0 Å². The zero-order valence-corrected chi connectivity index (χ0v) is 12.5. The van der Waals surface area contributed by atoms with E-state index in [0.29, 0.717) is 13.0 Å². The molecule has 0 saturated heterocycles. The molecule has 0 saturated carbocycles. The van der Waals surface area contributed by atoms with E-state index in [1.54, 1.807) is 4.90 Å². The number of fused-ring (bicyclic) bond motifs is 1. The van der Waals surface area contributed by atoms with Crippen LogP contribution in [0.4, 0.5) is 0 Å². The average molecular weight is 290 g/mol. The van der Waals surface area contributed by atoms with Gasteiger partial charge in [0.2, 0.25) is 5.91 Å². The van der Waals surface area contributed by atoms with Gasteiger partial charge < -0.3 is 15.7 Å². The van der Waals surface area contributed by atoms with Gasteiger partial charge in [0.1, 0.15) is 0 Å². The Morgan fingerprint density at radius 1 is 1.43 bits per heavy atom. The smallest absolute Gasteiger partial charge is 0.312 e. The number of rotatable bonds is 4. The standard InChI is InChI=1S/C16H22N2O3/c1-3-16(2,10-17)15(21)18-8-11-6-4-5-7-12(11)13(9-18)14(19)20/h4-7,13H,3,8-10,17H2,1-2H3,(H,19,20). The summed E-state index contributed by atoms with van der Waals surface area (Å²) in [6, 6.07) is 7.42. The van der Waals surface area contributed by atoms with Crippen molar-refractivity contribution in [2.75, 3.05) is 13.1 Å². The first-order valence-corrected chi connectivity index (χ1v) is 7.23. The molecular formula is C16H22N2O3. The number of benzene rings is 1. The van der Waals surface area contributed by atoms with Crippen molar-refractivity contribution >= 4 is 11.9 Å². The van der Waals surface area contributed by atoms with Crippen molar-refractivity contribution in [2.45, 2.75) is 32.7 Å². The molecule has 1 heterocycles. The van der Waals surface area contributed by atoms with Crippen LogP contribution in [0, 0.1) is 5.41 Å². The summed E-state index contributed by atoms with van der Waals surface area (Å²) < 4.78 is 0. The Balaban J connectivity index is 2.34. The van der Waals surface area contributed by atoms with E-state index in [1.165, 1.54) is 0 Å². The maximum Gasteiger partial charge on any atom is 0.312 e. The van der Waals surface area contributed by atoms with Gasteiger partial charge >= 0.3 is 5.97 Å². The van der Waals surface area contributed by atoms with E-state index in [9.17, 15) is 14.7 Å². The minimum Gasteiger partial charge on any atom is -0.481 e. The van der Waals surface area contributed by atoms with E-state index in [-0.39, 0.29) is 19.0 Å². The van der Waals surface area contributed by atoms with Crippen molar-refractivity contribution in [2.24, 2.45) is 11.1 Å². The van der Waals surface area contributed by atoms with E-state index in [1.807, 2.05) is 38.1 Å². The van der Waals surface area contributed by atoms with Gasteiger partial charge in [0.25, 0.3) is 0 Å². The molecule has 0 spiro atoms. The fourth-order valence-corrected chi connectivity index (χ4v) is 2.74. The van der Waals surface area contributed by atoms with Crippen molar-refractivity contribution in [1.82, 2.24) is 4.90 Å². The lowest BCUT2D eigenvalue weighted by Gasteiger charge is -2.38. The Hall–Kier alpha value is -1.88. The number of carbonyl (C=O) groups excluding carboxylic acids is 1. The molecule has 0 aliphatic carbocycles. The van der Waals surface area contributed by atoms with Crippen LogP contribution in [-0.4, -0.2) is 35.0 Å². The number of amides is 1. The molecule has 1 aromatic carbocycles. The van der Waals surface area contributed by atoms with E-state index >= 15 is 0 Å². The highest BCUT2D eigenvalue weighted by Crippen LogP contribution is 2.32. The molecule has 2 atom stereocenters.